The number of carbonyl (C=O) groups excluding carboxylic acids is 2. The third-order valence-electron chi connectivity index (χ3n) is 5.98. The largest absolute Gasteiger partial charge is 0.353 e. The van der Waals surface area contributed by atoms with Crippen molar-refractivity contribution in [3.63, 3.8) is 0 Å². The van der Waals surface area contributed by atoms with Gasteiger partial charge in [0.2, 0.25) is 5.91 Å². The molecule has 0 spiro atoms. The van der Waals surface area contributed by atoms with Gasteiger partial charge in [-0.1, -0.05) is 41.0 Å². The van der Waals surface area contributed by atoms with Crippen LogP contribution in [0.4, 0.5) is 16.3 Å². The highest BCUT2D eigenvalue weighted by atomic mass is 35.5. The number of amides is 3. The van der Waals surface area contributed by atoms with E-state index < -0.39 is 0 Å². The first-order chi connectivity index (χ1) is 16.4. The van der Waals surface area contributed by atoms with Crippen LogP contribution in [0.15, 0.2) is 35.5 Å². The molecule has 1 aromatic carbocycles. The quantitative estimate of drug-likeness (QED) is 0.350. The lowest BCUT2D eigenvalue weighted by atomic mass is 10.1. The van der Waals surface area contributed by atoms with E-state index in [1.54, 1.807) is 29.2 Å². The predicted molar refractivity (Wildman–Crippen MR) is 137 cm³/mol. The van der Waals surface area contributed by atoms with Crippen LogP contribution in [0.1, 0.15) is 26.2 Å². The summed E-state index contributed by atoms with van der Waals surface area (Å²) in [6, 6.07) is 8.62. The first-order valence-corrected chi connectivity index (χ1v) is 13.2. The summed E-state index contributed by atoms with van der Waals surface area (Å²) in [7, 11) is 0. The third-order valence-corrected chi connectivity index (χ3v) is 7.24. The number of likely N-dealkylation sites (tertiary alicyclic amines) is 1. The maximum absolute atomic E-state index is 12.8. The zero-order valence-electron chi connectivity index (χ0n) is 19.0. The van der Waals surface area contributed by atoms with Gasteiger partial charge < -0.3 is 20.0 Å². The van der Waals surface area contributed by atoms with E-state index in [4.69, 9.17) is 23.2 Å². The van der Waals surface area contributed by atoms with Crippen molar-refractivity contribution in [1.29, 1.82) is 0 Å². The molecule has 8 nitrogen and oxygen atoms in total. The molecule has 0 aliphatic carbocycles. The molecule has 0 bridgehead atoms. The SMILES string of the molecule is CC1CN(c2cc(Cl)nc(SCC(=O)N3CCCCC3)n2)CCN1C(=O)Nc1cccc(Cl)c1. The first kappa shape index (κ1) is 24.9. The topological polar surface area (TPSA) is 81.7 Å². The highest BCUT2D eigenvalue weighted by molar-refractivity contribution is 7.99. The number of carbonyl (C=O) groups is 2. The number of piperazine rings is 1. The fourth-order valence-corrected chi connectivity index (χ4v) is 5.38. The van der Waals surface area contributed by atoms with Crippen LogP contribution in [0, 0.1) is 0 Å². The van der Waals surface area contributed by atoms with Gasteiger partial charge in [0, 0.05) is 55.5 Å². The number of piperidine rings is 1. The minimum atomic E-state index is -0.164. The van der Waals surface area contributed by atoms with Crippen LogP contribution in [-0.4, -0.2) is 76.2 Å². The summed E-state index contributed by atoms with van der Waals surface area (Å²) in [5.74, 6) is 1.12. The molecule has 2 fully saturated rings. The van der Waals surface area contributed by atoms with Crippen LogP contribution in [-0.2, 0) is 4.79 Å². The van der Waals surface area contributed by atoms with Crippen molar-refractivity contribution in [2.24, 2.45) is 0 Å². The highest BCUT2D eigenvalue weighted by Crippen LogP contribution is 2.25. The molecule has 4 rings (SSSR count). The fraction of sp³-hybridized carbons (Fsp3) is 0.478. The second kappa shape index (κ2) is 11.5. The summed E-state index contributed by atoms with van der Waals surface area (Å²) in [5, 5.41) is 4.31. The van der Waals surface area contributed by atoms with Gasteiger partial charge in [-0.2, -0.15) is 0 Å². The molecular formula is C23H28Cl2N6O2S. The minimum absolute atomic E-state index is 0.0431. The van der Waals surface area contributed by atoms with E-state index in [9.17, 15) is 9.59 Å². The lowest BCUT2D eigenvalue weighted by Gasteiger charge is -2.40. The number of urea groups is 1. The monoisotopic (exact) mass is 522 g/mol. The fourth-order valence-electron chi connectivity index (χ4n) is 4.20. The van der Waals surface area contributed by atoms with E-state index in [-0.39, 0.29) is 18.0 Å². The molecule has 182 valence electrons. The highest BCUT2D eigenvalue weighted by Gasteiger charge is 2.29. The number of benzene rings is 1. The normalized spacial score (nSPS) is 18.7. The summed E-state index contributed by atoms with van der Waals surface area (Å²) in [6.07, 6.45) is 3.32. The number of nitrogens with zero attached hydrogens (tertiary/aromatic N) is 5. The van der Waals surface area contributed by atoms with E-state index in [1.165, 1.54) is 18.2 Å². The van der Waals surface area contributed by atoms with Crippen LogP contribution in [0.3, 0.4) is 0 Å². The van der Waals surface area contributed by atoms with Gasteiger partial charge in [-0.25, -0.2) is 14.8 Å². The molecule has 2 aliphatic rings. The average Bonchev–Trinajstić information content (AvgIpc) is 2.82. The molecule has 34 heavy (non-hydrogen) atoms. The smallest absolute Gasteiger partial charge is 0.322 e. The molecule has 1 N–H and O–H groups in total. The number of nitrogens with one attached hydrogen (secondary N) is 1. The number of hydrogen-bond acceptors (Lipinski definition) is 6. The summed E-state index contributed by atoms with van der Waals surface area (Å²) >= 11 is 13.6. The number of halogens is 2. The molecular weight excluding hydrogens is 495 g/mol. The van der Waals surface area contributed by atoms with Crippen molar-refractivity contribution in [2.45, 2.75) is 37.4 Å². The number of anilines is 2. The van der Waals surface area contributed by atoms with Crippen molar-refractivity contribution in [3.05, 3.63) is 40.5 Å². The Hall–Kier alpha value is -2.23. The van der Waals surface area contributed by atoms with E-state index in [0.717, 1.165) is 25.9 Å². The number of hydrogen-bond donors (Lipinski definition) is 1. The standard InChI is InChI=1S/C23H28Cl2N6O2S/c1-16-14-30(10-11-31(16)23(33)26-18-7-5-6-17(24)12-18)20-13-19(25)27-22(28-20)34-15-21(32)29-8-3-2-4-9-29/h5-7,12-13,16H,2-4,8-11,14-15H2,1H3,(H,26,33). The third kappa shape index (κ3) is 6.46. The molecule has 3 amide bonds. The van der Waals surface area contributed by atoms with Gasteiger partial charge in [0.05, 0.1) is 5.75 Å². The molecule has 11 heteroatoms. The molecule has 2 aromatic rings. The Morgan fingerprint density at radius 3 is 2.62 bits per heavy atom. The van der Waals surface area contributed by atoms with Gasteiger partial charge in [-0.15, -0.1) is 0 Å². The Morgan fingerprint density at radius 2 is 1.88 bits per heavy atom. The first-order valence-electron chi connectivity index (χ1n) is 11.4. The number of aromatic nitrogens is 2. The van der Waals surface area contributed by atoms with E-state index in [0.29, 0.717) is 52.2 Å². The average molecular weight is 523 g/mol. The maximum Gasteiger partial charge on any atom is 0.322 e. The van der Waals surface area contributed by atoms with Crippen molar-refractivity contribution in [2.75, 3.05) is 48.7 Å². The predicted octanol–water partition coefficient (Wildman–Crippen LogP) is 4.63. The second-order valence-corrected chi connectivity index (χ2v) is 10.3. The molecule has 0 radical (unpaired) electrons. The molecule has 2 aliphatic heterocycles. The zero-order valence-corrected chi connectivity index (χ0v) is 21.4. The van der Waals surface area contributed by atoms with Crippen LogP contribution in [0.5, 0.6) is 0 Å². The molecule has 1 unspecified atom stereocenters. The van der Waals surface area contributed by atoms with E-state index >= 15 is 0 Å². The van der Waals surface area contributed by atoms with Crippen molar-refractivity contribution < 1.29 is 9.59 Å². The van der Waals surface area contributed by atoms with E-state index in [1.807, 2.05) is 17.9 Å². The van der Waals surface area contributed by atoms with Gasteiger partial charge in [-0.3, -0.25) is 4.79 Å². The van der Waals surface area contributed by atoms with Crippen LogP contribution in [0.25, 0.3) is 0 Å². The van der Waals surface area contributed by atoms with Gasteiger partial charge in [0.25, 0.3) is 0 Å². The van der Waals surface area contributed by atoms with Crippen molar-refractivity contribution in [3.8, 4) is 0 Å². The Labute approximate surface area is 214 Å². The van der Waals surface area contributed by atoms with Gasteiger partial charge in [0.1, 0.15) is 11.0 Å². The van der Waals surface area contributed by atoms with Crippen molar-refractivity contribution in [1.82, 2.24) is 19.8 Å². The molecule has 3 heterocycles. The lowest BCUT2D eigenvalue weighted by molar-refractivity contribution is -0.129. The van der Waals surface area contributed by atoms with Gasteiger partial charge >= 0.3 is 6.03 Å². The Kier molecular flexibility index (Phi) is 8.39. The zero-order chi connectivity index (χ0) is 24.1. The summed E-state index contributed by atoms with van der Waals surface area (Å²) < 4.78 is 0. The van der Waals surface area contributed by atoms with Gasteiger partial charge in [0.15, 0.2) is 5.16 Å². The molecule has 2 saturated heterocycles. The number of rotatable bonds is 5. The summed E-state index contributed by atoms with van der Waals surface area (Å²) in [6.45, 7) is 5.40. The minimum Gasteiger partial charge on any atom is -0.353 e. The van der Waals surface area contributed by atoms with Crippen molar-refractivity contribution >= 4 is 58.4 Å². The molecule has 1 atom stereocenters. The van der Waals surface area contributed by atoms with Gasteiger partial charge in [-0.05, 0) is 44.4 Å². The Bertz CT molecular complexity index is 1040. The Morgan fingerprint density at radius 1 is 1.09 bits per heavy atom. The van der Waals surface area contributed by atoms with Crippen LogP contribution >= 0.6 is 35.0 Å². The van der Waals surface area contributed by atoms with Crippen LogP contribution < -0.4 is 10.2 Å². The Balaban J connectivity index is 1.35. The molecule has 1 aromatic heterocycles. The summed E-state index contributed by atoms with van der Waals surface area (Å²) in [4.78, 5) is 40.0. The van der Waals surface area contributed by atoms with Crippen LogP contribution in [0.2, 0.25) is 10.2 Å². The summed E-state index contributed by atoms with van der Waals surface area (Å²) in [5.41, 5.74) is 0.662. The number of thioether (sulfide) groups is 1. The van der Waals surface area contributed by atoms with E-state index in [2.05, 4.69) is 20.2 Å². The lowest BCUT2D eigenvalue weighted by Crippen LogP contribution is -2.55. The maximum atomic E-state index is 12.8. The molecule has 0 saturated carbocycles. The second-order valence-electron chi connectivity index (χ2n) is 8.49.